The molecule has 0 aliphatic heterocycles. The number of anilines is 2. The van der Waals surface area contributed by atoms with Crippen molar-refractivity contribution in [2.24, 2.45) is 0 Å². The van der Waals surface area contributed by atoms with Crippen molar-refractivity contribution in [2.75, 3.05) is 23.8 Å². The third-order valence-corrected chi connectivity index (χ3v) is 2.94. The predicted molar refractivity (Wildman–Crippen MR) is 75.3 cm³/mol. The van der Waals surface area contributed by atoms with Crippen LogP contribution in [0.5, 0.6) is 0 Å². The van der Waals surface area contributed by atoms with E-state index in [0.717, 1.165) is 17.7 Å². The van der Waals surface area contributed by atoms with E-state index in [9.17, 15) is 8.78 Å². The normalized spacial score (nSPS) is 10.6. The highest BCUT2D eigenvalue weighted by molar-refractivity contribution is 5.56. The number of nitrogens with zero attached hydrogens (tertiary/aromatic N) is 1. The third kappa shape index (κ3) is 3.24. The summed E-state index contributed by atoms with van der Waals surface area (Å²) < 4.78 is 27.9. The van der Waals surface area contributed by atoms with Crippen LogP contribution in [0.2, 0.25) is 0 Å². The molecule has 0 atom stereocenters. The molecule has 0 saturated carbocycles. The van der Waals surface area contributed by atoms with Gasteiger partial charge in [0.05, 0.1) is 6.61 Å². The van der Waals surface area contributed by atoms with Gasteiger partial charge in [-0.1, -0.05) is 30.3 Å². The van der Waals surface area contributed by atoms with Crippen LogP contribution in [0.15, 0.2) is 42.5 Å². The lowest BCUT2D eigenvalue weighted by Gasteiger charge is -2.25. The van der Waals surface area contributed by atoms with Gasteiger partial charge in [0.1, 0.15) is 5.69 Å². The first-order valence-electron chi connectivity index (χ1n) is 6.26. The number of aliphatic hydroxyl groups excluding tert-OH is 1. The number of aliphatic hydroxyl groups is 1. The minimum Gasteiger partial charge on any atom is -0.399 e. The van der Waals surface area contributed by atoms with Gasteiger partial charge in [0.25, 0.3) is 0 Å². The molecule has 3 N–H and O–H groups in total. The van der Waals surface area contributed by atoms with Crippen LogP contribution in [0.4, 0.5) is 20.2 Å². The number of nitrogen functional groups attached to an aromatic ring is 1. The molecular formula is C15H16F2N2O. The molecule has 0 heterocycles. The Bertz CT molecular complexity index is 552. The SMILES string of the molecule is Nc1cc(F)c(N(CCO)Cc2ccccc2)c(F)c1. The molecule has 2 aromatic carbocycles. The molecule has 5 heteroatoms. The summed E-state index contributed by atoms with van der Waals surface area (Å²) in [6.45, 7) is 0.238. The van der Waals surface area contributed by atoms with E-state index in [1.807, 2.05) is 30.3 Å². The standard InChI is InChI=1S/C15H16F2N2O/c16-13-8-12(18)9-14(17)15(13)19(6-7-20)10-11-4-2-1-3-5-11/h1-5,8-9,20H,6-7,10,18H2. The lowest BCUT2D eigenvalue weighted by atomic mass is 10.1. The second-order valence-corrected chi connectivity index (χ2v) is 4.46. The lowest BCUT2D eigenvalue weighted by molar-refractivity contribution is 0.300. The minimum atomic E-state index is -0.730. The van der Waals surface area contributed by atoms with E-state index in [-0.39, 0.29) is 24.5 Å². The summed E-state index contributed by atoms with van der Waals surface area (Å²) >= 11 is 0. The molecule has 0 aliphatic carbocycles. The fourth-order valence-electron chi connectivity index (χ4n) is 2.08. The second kappa shape index (κ2) is 6.34. The molecule has 0 bridgehead atoms. The van der Waals surface area contributed by atoms with Gasteiger partial charge in [-0.3, -0.25) is 0 Å². The van der Waals surface area contributed by atoms with E-state index >= 15 is 0 Å². The molecule has 0 radical (unpaired) electrons. The van der Waals surface area contributed by atoms with Gasteiger partial charge >= 0.3 is 0 Å². The van der Waals surface area contributed by atoms with Crippen molar-refractivity contribution in [3.63, 3.8) is 0 Å². The van der Waals surface area contributed by atoms with E-state index in [4.69, 9.17) is 10.8 Å². The van der Waals surface area contributed by atoms with Crippen LogP contribution in [0.3, 0.4) is 0 Å². The first-order valence-corrected chi connectivity index (χ1v) is 6.26. The summed E-state index contributed by atoms with van der Waals surface area (Å²) in [6, 6.07) is 11.4. The van der Waals surface area contributed by atoms with Gasteiger partial charge in [-0.25, -0.2) is 8.78 Å². The highest BCUT2D eigenvalue weighted by Gasteiger charge is 2.17. The topological polar surface area (TPSA) is 49.5 Å². The quantitative estimate of drug-likeness (QED) is 0.826. The Morgan fingerprint density at radius 1 is 1.05 bits per heavy atom. The monoisotopic (exact) mass is 278 g/mol. The van der Waals surface area contributed by atoms with Gasteiger partial charge in [-0.2, -0.15) is 0 Å². The second-order valence-electron chi connectivity index (χ2n) is 4.46. The summed E-state index contributed by atoms with van der Waals surface area (Å²) in [5, 5.41) is 9.10. The first-order chi connectivity index (χ1) is 9.61. The lowest BCUT2D eigenvalue weighted by Crippen LogP contribution is -2.28. The molecular weight excluding hydrogens is 262 g/mol. The van der Waals surface area contributed by atoms with Crippen LogP contribution in [-0.2, 0) is 6.54 Å². The summed E-state index contributed by atoms with van der Waals surface area (Å²) in [5.74, 6) is -1.46. The summed E-state index contributed by atoms with van der Waals surface area (Å²) in [7, 11) is 0. The average molecular weight is 278 g/mol. The molecule has 2 rings (SSSR count). The largest absolute Gasteiger partial charge is 0.399 e. The van der Waals surface area contributed by atoms with Gasteiger partial charge in [-0.15, -0.1) is 0 Å². The van der Waals surface area contributed by atoms with Gasteiger partial charge in [0.2, 0.25) is 0 Å². The molecule has 0 unspecified atom stereocenters. The fourth-order valence-corrected chi connectivity index (χ4v) is 2.08. The van der Waals surface area contributed by atoms with Gasteiger partial charge in [0, 0.05) is 18.8 Å². The van der Waals surface area contributed by atoms with E-state index in [2.05, 4.69) is 0 Å². The Labute approximate surface area is 116 Å². The Hall–Kier alpha value is -2.14. The molecule has 3 nitrogen and oxygen atoms in total. The average Bonchev–Trinajstić information content (AvgIpc) is 2.39. The fraction of sp³-hybridized carbons (Fsp3) is 0.200. The Kier molecular flexibility index (Phi) is 4.53. The Balaban J connectivity index is 2.34. The molecule has 2 aromatic rings. The van der Waals surface area contributed by atoms with Crippen LogP contribution in [-0.4, -0.2) is 18.3 Å². The van der Waals surface area contributed by atoms with Crippen molar-refractivity contribution in [1.29, 1.82) is 0 Å². The molecule has 0 amide bonds. The van der Waals surface area contributed by atoms with E-state index < -0.39 is 11.6 Å². The number of rotatable bonds is 5. The zero-order valence-corrected chi connectivity index (χ0v) is 10.9. The van der Waals surface area contributed by atoms with Crippen molar-refractivity contribution in [2.45, 2.75) is 6.54 Å². The molecule has 20 heavy (non-hydrogen) atoms. The predicted octanol–water partition coefficient (Wildman–Crippen LogP) is 2.55. The van der Waals surface area contributed by atoms with Gasteiger partial charge in [0.15, 0.2) is 11.6 Å². The van der Waals surface area contributed by atoms with Crippen LogP contribution in [0, 0.1) is 11.6 Å². The van der Waals surface area contributed by atoms with Gasteiger partial charge < -0.3 is 15.7 Å². The molecule has 0 aromatic heterocycles. The van der Waals surface area contributed by atoms with E-state index in [1.54, 1.807) is 0 Å². The van der Waals surface area contributed by atoms with Crippen molar-refractivity contribution >= 4 is 11.4 Å². The zero-order valence-electron chi connectivity index (χ0n) is 10.9. The summed E-state index contributed by atoms with van der Waals surface area (Å²) in [6.07, 6.45) is 0. The smallest absolute Gasteiger partial charge is 0.151 e. The van der Waals surface area contributed by atoms with Crippen molar-refractivity contribution < 1.29 is 13.9 Å². The summed E-state index contributed by atoms with van der Waals surface area (Å²) in [4.78, 5) is 1.46. The van der Waals surface area contributed by atoms with Crippen LogP contribution >= 0.6 is 0 Å². The third-order valence-electron chi connectivity index (χ3n) is 2.94. The maximum Gasteiger partial charge on any atom is 0.151 e. The maximum absolute atomic E-state index is 13.9. The van der Waals surface area contributed by atoms with Crippen LogP contribution in [0.1, 0.15) is 5.56 Å². The minimum absolute atomic E-state index is 0.0346. The number of nitrogens with two attached hydrogens (primary N) is 1. The van der Waals surface area contributed by atoms with Crippen LogP contribution < -0.4 is 10.6 Å². The number of hydrogen-bond donors (Lipinski definition) is 2. The Morgan fingerprint density at radius 2 is 1.65 bits per heavy atom. The Morgan fingerprint density at radius 3 is 2.20 bits per heavy atom. The maximum atomic E-state index is 13.9. The molecule has 0 saturated heterocycles. The number of benzene rings is 2. The summed E-state index contributed by atoms with van der Waals surface area (Å²) in [5.41, 5.74) is 6.17. The van der Waals surface area contributed by atoms with Gasteiger partial charge in [-0.05, 0) is 17.7 Å². The zero-order chi connectivity index (χ0) is 14.5. The van der Waals surface area contributed by atoms with Crippen molar-refractivity contribution in [3.8, 4) is 0 Å². The van der Waals surface area contributed by atoms with E-state index in [0.29, 0.717) is 6.54 Å². The van der Waals surface area contributed by atoms with Crippen molar-refractivity contribution in [3.05, 3.63) is 59.7 Å². The number of halogens is 2. The molecule has 0 aliphatic rings. The highest BCUT2D eigenvalue weighted by atomic mass is 19.1. The number of hydrogen-bond acceptors (Lipinski definition) is 3. The first kappa shape index (κ1) is 14.3. The molecule has 0 fully saturated rings. The van der Waals surface area contributed by atoms with Crippen LogP contribution in [0.25, 0.3) is 0 Å². The molecule has 106 valence electrons. The molecule has 0 spiro atoms. The highest BCUT2D eigenvalue weighted by Crippen LogP contribution is 2.27. The van der Waals surface area contributed by atoms with E-state index in [1.165, 1.54) is 4.90 Å². The van der Waals surface area contributed by atoms with Crippen molar-refractivity contribution in [1.82, 2.24) is 0 Å².